The Labute approximate surface area is 146 Å². The summed E-state index contributed by atoms with van der Waals surface area (Å²) in [6, 6.07) is 5.25. The highest BCUT2D eigenvalue weighted by Gasteiger charge is 2.23. The van der Waals surface area contributed by atoms with Crippen LogP contribution in [0.25, 0.3) is 0 Å². The van der Waals surface area contributed by atoms with Crippen molar-refractivity contribution in [3.05, 3.63) is 46.5 Å². The fraction of sp³-hybridized carbons (Fsp3) is 0.412. The van der Waals surface area contributed by atoms with Crippen molar-refractivity contribution >= 4 is 17.5 Å². The zero-order valence-corrected chi connectivity index (χ0v) is 14.8. The predicted molar refractivity (Wildman–Crippen MR) is 92.1 cm³/mol. The van der Waals surface area contributed by atoms with Gasteiger partial charge in [0.25, 0.3) is 5.91 Å². The summed E-state index contributed by atoms with van der Waals surface area (Å²) in [5.74, 6) is 0.404. The SMILES string of the molecule is Cc1cc(Cl)ccc1OC(C)C(=O)N(CCO)Cc1nc[nH]c1C. The smallest absolute Gasteiger partial charge is 0.263 e. The van der Waals surface area contributed by atoms with Crippen LogP contribution in [0.1, 0.15) is 23.9 Å². The van der Waals surface area contributed by atoms with Crippen molar-refractivity contribution < 1.29 is 14.6 Å². The first-order chi connectivity index (χ1) is 11.4. The van der Waals surface area contributed by atoms with Crippen molar-refractivity contribution in [3.63, 3.8) is 0 Å². The van der Waals surface area contributed by atoms with Gasteiger partial charge in [-0.15, -0.1) is 0 Å². The lowest BCUT2D eigenvalue weighted by molar-refractivity contribution is -0.139. The zero-order valence-electron chi connectivity index (χ0n) is 14.0. The van der Waals surface area contributed by atoms with Gasteiger partial charge in [0.1, 0.15) is 5.75 Å². The second-order valence-electron chi connectivity index (χ2n) is 5.63. The lowest BCUT2D eigenvalue weighted by Crippen LogP contribution is -2.41. The Balaban J connectivity index is 2.09. The summed E-state index contributed by atoms with van der Waals surface area (Å²) in [5, 5.41) is 9.87. The summed E-state index contributed by atoms with van der Waals surface area (Å²) >= 11 is 5.93. The molecule has 2 N–H and O–H groups in total. The predicted octanol–water partition coefficient (Wildman–Crippen LogP) is 2.47. The van der Waals surface area contributed by atoms with Crippen molar-refractivity contribution in [1.29, 1.82) is 0 Å². The van der Waals surface area contributed by atoms with Crippen molar-refractivity contribution in [1.82, 2.24) is 14.9 Å². The minimum absolute atomic E-state index is 0.123. The number of nitrogens with one attached hydrogen (secondary N) is 1. The summed E-state index contributed by atoms with van der Waals surface area (Å²) in [7, 11) is 0. The Morgan fingerprint density at radius 3 is 2.79 bits per heavy atom. The van der Waals surface area contributed by atoms with E-state index in [9.17, 15) is 9.90 Å². The molecule has 0 radical (unpaired) electrons. The summed E-state index contributed by atoms with van der Waals surface area (Å²) < 4.78 is 5.78. The average molecular weight is 352 g/mol. The van der Waals surface area contributed by atoms with Crippen LogP contribution < -0.4 is 4.74 Å². The van der Waals surface area contributed by atoms with Gasteiger partial charge in [-0.1, -0.05) is 11.6 Å². The zero-order chi connectivity index (χ0) is 17.7. The molecule has 1 aromatic carbocycles. The van der Waals surface area contributed by atoms with E-state index in [-0.39, 0.29) is 19.1 Å². The quantitative estimate of drug-likeness (QED) is 0.803. The highest BCUT2D eigenvalue weighted by molar-refractivity contribution is 6.30. The molecule has 24 heavy (non-hydrogen) atoms. The number of rotatable bonds is 7. The van der Waals surface area contributed by atoms with Crippen molar-refractivity contribution in [2.45, 2.75) is 33.4 Å². The molecule has 1 aromatic heterocycles. The molecule has 0 saturated carbocycles. The third-order valence-electron chi connectivity index (χ3n) is 3.75. The van der Waals surface area contributed by atoms with Crippen LogP contribution in [-0.4, -0.2) is 45.1 Å². The van der Waals surface area contributed by atoms with E-state index >= 15 is 0 Å². The minimum Gasteiger partial charge on any atom is -0.481 e. The van der Waals surface area contributed by atoms with Crippen molar-refractivity contribution in [2.75, 3.05) is 13.2 Å². The van der Waals surface area contributed by atoms with E-state index in [0.29, 0.717) is 17.3 Å². The second-order valence-corrected chi connectivity index (χ2v) is 6.06. The molecule has 0 bridgehead atoms. The van der Waals surface area contributed by atoms with E-state index in [4.69, 9.17) is 16.3 Å². The van der Waals surface area contributed by atoms with Gasteiger partial charge in [-0.3, -0.25) is 4.79 Å². The Morgan fingerprint density at radius 1 is 1.46 bits per heavy atom. The van der Waals surface area contributed by atoms with Crippen molar-refractivity contribution in [2.24, 2.45) is 0 Å². The number of aromatic amines is 1. The molecule has 1 amide bonds. The number of carbonyl (C=O) groups is 1. The van der Waals surface area contributed by atoms with E-state index in [1.54, 1.807) is 36.4 Å². The highest BCUT2D eigenvalue weighted by Crippen LogP contribution is 2.23. The number of ether oxygens (including phenoxy) is 1. The number of carbonyl (C=O) groups excluding carboxylic acids is 1. The Bertz CT molecular complexity index is 702. The standard InChI is InChI=1S/C17H22ClN3O3/c1-11-8-14(18)4-5-16(11)24-13(3)17(23)21(6-7-22)9-15-12(2)19-10-20-15/h4-5,8,10,13,22H,6-7,9H2,1-3H3,(H,19,20). The number of benzene rings is 1. The molecule has 130 valence electrons. The maximum Gasteiger partial charge on any atom is 0.263 e. The molecule has 2 aromatic rings. The second kappa shape index (κ2) is 8.17. The Morgan fingerprint density at radius 2 is 2.21 bits per heavy atom. The van der Waals surface area contributed by atoms with Crippen LogP contribution in [-0.2, 0) is 11.3 Å². The molecule has 0 aliphatic heterocycles. The number of imidazole rings is 1. The Kier molecular flexibility index (Phi) is 6.23. The van der Waals surface area contributed by atoms with Gasteiger partial charge in [0, 0.05) is 17.3 Å². The van der Waals surface area contributed by atoms with Gasteiger partial charge in [0.2, 0.25) is 0 Å². The lowest BCUT2D eigenvalue weighted by atomic mass is 10.2. The number of hydrogen-bond donors (Lipinski definition) is 2. The minimum atomic E-state index is -0.685. The maximum atomic E-state index is 12.7. The van der Waals surface area contributed by atoms with Gasteiger partial charge in [0.05, 0.1) is 25.2 Å². The molecule has 0 saturated heterocycles. The van der Waals surface area contributed by atoms with E-state index in [1.807, 2.05) is 13.8 Å². The molecule has 1 unspecified atom stereocenters. The first-order valence-electron chi connectivity index (χ1n) is 7.73. The largest absolute Gasteiger partial charge is 0.481 e. The summed E-state index contributed by atoms with van der Waals surface area (Å²) in [5.41, 5.74) is 2.53. The number of aromatic nitrogens is 2. The molecule has 2 rings (SSSR count). The van der Waals surface area contributed by atoms with Gasteiger partial charge in [-0.05, 0) is 44.5 Å². The number of H-pyrrole nitrogens is 1. The van der Waals surface area contributed by atoms with Crippen LogP contribution in [0, 0.1) is 13.8 Å². The van der Waals surface area contributed by atoms with Gasteiger partial charge in [-0.2, -0.15) is 0 Å². The van der Waals surface area contributed by atoms with Crippen LogP contribution in [0.4, 0.5) is 0 Å². The molecular formula is C17H22ClN3O3. The fourth-order valence-corrected chi connectivity index (χ4v) is 2.58. The molecular weight excluding hydrogens is 330 g/mol. The molecule has 7 heteroatoms. The van der Waals surface area contributed by atoms with E-state index in [0.717, 1.165) is 17.0 Å². The first-order valence-corrected chi connectivity index (χ1v) is 8.11. The molecule has 0 aliphatic carbocycles. The number of aliphatic hydroxyl groups is 1. The monoisotopic (exact) mass is 351 g/mol. The van der Waals surface area contributed by atoms with Crippen LogP contribution in [0.3, 0.4) is 0 Å². The number of halogens is 1. The van der Waals surface area contributed by atoms with Gasteiger partial charge in [-0.25, -0.2) is 4.98 Å². The third kappa shape index (κ3) is 4.49. The average Bonchev–Trinajstić information content (AvgIpc) is 2.94. The number of hydrogen-bond acceptors (Lipinski definition) is 4. The molecule has 0 fully saturated rings. The van der Waals surface area contributed by atoms with E-state index in [1.165, 1.54) is 0 Å². The number of nitrogens with zero attached hydrogens (tertiary/aromatic N) is 2. The topological polar surface area (TPSA) is 78.4 Å². The normalized spacial score (nSPS) is 12.0. The maximum absolute atomic E-state index is 12.7. The first kappa shape index (κ1) is 18.3. The number of aryl methyl sites for hydroxylation is 2. The number of amides is 1. The van der Waals surface area contributed by atoms with Gasteiger partial charge < -0.3 is 19.7 Å². The molecule has 1 heterocycles. The highest BCUT2D eigenvalue weighted by atomic mass is 35.5. The van der Waals surface area contributed by atoms with Gasteiger partial charge >= 0.3 is 0 Å². The van der Waals surface area contributed by atoms with E-state index in [2.05, 4.69) is 9.97 Å². The Hall–Kier alpha value is -2.05. The van der Waals surface area contributed by atoms with Crippen LogP contribution >= 0.6 is 11.6 Å². The number of aliphatic hydroxyl groups excluding tert-OH is 1. The molecule has 0 aliphatic rings. The summed E-state index contributed by atoms with van der Waals surface area (Å²) in [6.07, 6.45) is 0.902. The lowest BCUT2D eigenvalue weighted by Gasteiger charge is -2.25. The third-order valence-corrected chi connectivity index (χ3v) is 3.98. The summed E-state index contributed by atoms with van der Waals surface area (Å²) in [6.45, 7) is 5.87. The molecule has 6 nitrogen and oxygen atoms in total. The van der Waals surface area contributed by atoms with Gasteiger partial charge in [0.15, 0.2) is 6.10 Å². The molecule has 1 atom stereocenters. The molecule has 0 spiro atoms. The van der Waals surface area contributed by atoms with E-state index < -0.39 is 6.10 Å². The van der Waals surface area contributed by atoms with Crippen molar-refractivity contribution in [3.8, 4) is 5.75 Å². The van der Waals surface area contributed by atoms with Crippen LogP contribution in [0.5, 0.6) is 5.75 Å². The van der Waals surface area contributed by atoms with Crippen LogP contribution in [0.2, 0.25) is 5.02 Å². The summed E-state index contributed by atoms with van der Waals surface area (Å²) in [4.78, 5) is 21.4. The van der Waals surface area contributed by atoms with Crippen LogP contribution in [0.15, 0.2) is 24.5 Å². The fourth-order valence-electron chi connectivity index (χ4n) is 2.36.